The number of rotatable bonds is 3. The van der Waals surface area contributed by atoms with Crippen LogP contribution in [0.2, 0.25) is 0 Å². The van der Waals surface area contributed by atoms with Crippen LogP contribution in [0, 0.1) is 0 Å². The molecule has 0 saturated carbocycles. The van der Waals surface area contributed by atoms with Gasteiger partial charge in [-0.2, -0.15) is 0 Å². The van der Waals surface area contributed by atoms with Gasteiger partial charge >= 0.3 is 0 Å². The highest BCUT2D eigenvalue weighted by Gasteiger charge is 2.37. The fourth-order valence-electron chi connectivity index (χ4n) is 2.91. The van der Waals surface area contributed by atoms with Crippen LogP contribution in [0.1, 0.15) is 26.3 Å². The number of phenolic OH excluding ortho intramolecular Hbond substituents is 1. The number of para-hydroxylation sites is 3. The molecule has 26 heavy (non-hydrogen) atoms. The zero-order valence-electron chi connectivity index (χ0n) is 13.7. The van der Waals surface area contributed by atoms with Crippen molar-refractivity contribution in [3.8, 4) is 5.75 Å². The fraction of sp³-hybridized carbons (Fsp3) is 0. The molecule has 2 amide bonds. The molecule has 0 fully saturated rings. The van der Waals surface area contributed by atoms with Crippen molar-refractivity contribution in [1.82, 2.24) is 0 Å². The number of phenols is 1. The second kappa shape index (κ2) is 6.29. The van der Waals surface area contributed by atoms with E-state index >= 15 is 0 Å². The molecule has 0 saturated heterocycles. The Balaban J connectivity index is 1.75. The average molecular weight is 342 g/mol. The molecule has 3 aromatic carbocycles. The third kappa shape index (κ3) is 2.56. The minimum Gasteiger partial charge on any atom is -0.507 e. The zero-order valence-corrected chi connectivity index (χ0v) is 13.7. The quantitative estimate of drug-likeness (QED) is 0.579. The zero-order chi connectivity index (χ0) is 18.1. The van der Waals surface area contributed by atoms with Gasteiger partial charge in [0.25, 0.3) is 11.8 Å². The molecule has 0 spiro atoms. The Bertz CT molecular complexity index is 1020. The summed E-state index contributed by atoms with van der Waals surface area (Å²) in [5.74, 6) is -0.624. The molecule has 3 aromatic rings. The predicted molar refractivity (Wildman–Crippen MR) is 99.4 cm³/mol. The molecule has 0 bridgehead atoms. The van der Waals surface area contributed by atoms with Crippen LogP contribution in [-0.4, -0.2) is 23.1 Å². The largest absolute Gasteiger partial charge is 0.507 e. The molecule has 4 rings (SSSR count). The molecule has 0 aliphatic carbocycles. The summed E-state index contributed by atoms with van der Waals surface area (Å²) in [5, 5.41) is 9.86. The van der Waals surface area contributed by atoms with E-state index in [0.29, 0.717) is 28.1 Å². The van der Waals surface area contributed by atoms with E-state index in [4.69, 9.17) is 0 Å². The SMILES string of the molecule is O=C1c2ccccc2C(=O)N1c1ccccc1N=Cc1ccccc1O. The van der Waals surface area contributed by atoms with Crippen LogP contribution in [-0.2, 0) is 0 Å². The molecule has 5 heteroatoms. The van der Waals surface area contributed by atoms with E-state index < -0.39 is 0 Å². The van der Waals surface area contributed by atoms with Gasteiger partial charge in [0.2, 0.25) is 0 Å². The summed E-state index contributed by atoms with van der Waals surface area (Å²) < 4.78 is 0. The van der Waals surface area contributed by atoms with E-state index in [1.807, 2.05) is 0 Å². The smallest absolute Gasteiger partial charge is 0.266 e. The number of carbonyl (C=O) groups is 2. The highest BCUT2D eigenvalue weighted by Crippen LogP contribution is 2.34. The van der Waals surface area contributed by atoms with Crippen molar-refractivity contribution in [3.05, 3.63) is 89.5 Å². The van der Waals surface area contributed by atoms with E-state index in [1.165, 1.54) is 6.21 Å². The van der Waals surface area contributed by atoms with Crippen molar-refractivity contribution in [1.29, 1.82) is 0 Å². The fourth-order valence-corrected chi connectivity index (χ4v) is 2.91. The van der Waals surface area contributed by atoms with Gasteiger partial charge in [0.15, 0.2) is 0 Å². The summed E-state index contributed by atoms with van der Waals surface area (Å²) in [7, 11) is 0. The summed E-state index contributed by atoms with van der Waals surface area (Å²) >= 11 is 0. The number of hydrogen-bond donors (Lipinski definition) is 1. The molecule has 5 nitrogen and oxygen atoms in total. The summed E-state index contributed by atoms with van der Waals surface area (Å²) in [6.45, 7) is 0. The third-order valence-corrected chi connectivity index (χ3v) is 4.20. The first-order valence-corrected chi connectivity index (χ1v) is 8.06. The Labute approximate surface area is 149 Å². The molecule has 0 aromatic heterocycles. The van der Waals surface area contributed by atoms with Gasteiger partial charge < -0.3 is 5.11 Å². The molecular formula is C21H14N2O3. The molecular weight excluding hydrogens is 328 g/mol. The van der Waals surface area contributed by atoms with Crippen LogP contribution < -0.4 is 4.90 Å². The van der Waals surface area contributed by atoms with Gasteiger partial charge in [0, 0.05) is 11.8 Å². The summed E-state index contributed by atoms with van der Waals surface area (Å²) in [6, 6.07) is 20.5. The van der Waals surface area contributed by atoms with Gasteiger partial charge in [-0.05, 0) is 36.4 Å². The number of amides is 2. The van der Waals surface area contributed by atoms with Gasteiger partial charge in [-0.25, -0.2) is 4.90 Å². The topological polar surface area (TPSA) is 70.0 Å². The van der Waals surface area contributed by atoms with Crippen molar-refractivity contribution in [2.75, 3.05) is 4.90 Å². The molecule has 1 aliphatic rings. The standard InChI is InChI=1S/C21H14N2O3/c24-19-12-6-1-7-14(19)13-22-17-10-4-5-11-18(17)23-20(25)15-8-2-3-9-16(15)21(23)26/h1-13,24H. The highest BCUT2D eigenvalue weighted by molar-refractivity contribution is 6.35. The van der Waals surface area contributed by atoms with Crippen LogP contribution in [0.5, 0.6) is 5.75 Å². The molecule has 0 atom stereocenters. The van der Waals surface area contributed by atoms with Gasteiger partial charge in [0.1, 0.15) is 5.75 Å². The minimum absolute atomic E-state index is 0.106. The molecule has 126 valence electrons. The number of nitrogens with zero attached hydrogens (tertiary/aromatic N) is 2. The van der Waals surface area contributed by atoms with Crippen molar-refractivity contribution in [2.45, 2.75) is 0 Å². The maximum absolute atomic E-state index is 12.7. The van der Waals surface area contributed by atoms with Crippen LogP contribution in [0.4, 0.5) is 11.4 Å². The molecule has 1 aliphatic heterocycles. The number of anilines is 1. The summed E-state index contributed by atoms with van der Waals surface area (Å²) in [5.41, 5.74) is 2.19. The lowest BCUT2D eigenvalue weighted by molar-refractivity contribution is 0.0926. The van der Waals surface area contributed by atoms with E-state index in [2.05, 4.69) is 4.99 Å². The lowest BCUT2D eigenvalue weighted by atomic mass is 10.1. The van der Waals surface area contributed by atoms with Crippen LogP contribution in [0.3, 0.4) is 0 Å². The summed E-state index contributed by atoms with van der Waals surface area (Å²) in [4.78, 5) is 30.9. The van der Waals surface area contributed by atoms with E-state index in [-0.39, 0.29) is 17.6 Å². The Morgan fingerprint density at radius 3 is 2.04 bits per heavy atom. The number of fused-ring (bicyclic) bond motifs is 1. The first-order valence-electron chi connectivity index (χ1n) is 8.06. The van der Waals surface area contributed by atoms with Crippen molar-refractivity contribution in [3.63, 3.8) is 0 Å². The van der Waals surface area contributed by atoms with E-state index in [9.17, 15) is 14.7 Å². The summed E-state index contributed by atoms with van der Waals surface area (Å²) in [6.07, 6.45) is 1.51. The first-order chi connectivity index (χ1) is 12.7. The molecule has 0 unspecified atom stereocenters. The Kier molecular flexibility index (Phi) is 3.82. The van der Waals surface area contributed by atoms with E-state index in [0.717, 1.165) is 4.90 Å². The minimum atomic E-state index is -0.365. The normalized spacial score (nSPS) is 13.5. The van der Waals surface area contributed by atoms with Gasteiger partial charge in [0.05, 0.1) is 22.5 Å². The highest BCUT2D eigenvalue weighted by atomic mass is 16.3. The van der Waals surface area contributed by atoms with Gasteiger partial charge in [-0.3, -0.25) is 14.6 Å². The Morgan fingerprint density at radius 2 is 1.35 bits per heavy atom. The third-order valence-electron chi connectivity index (χ3n) is 4.20. The van der Waals surface area contributed by atoms with Crippen molar-refractivity contribution in [2.24, 2.45) is 4.99 Å². The van der Waals surface area contributed by atoms with Crippen molar-refractivity contribution < 1.29 is 14.7 Å². The number of aliphatic imine (C=N–C) groups is 1. The van der Waals surface area contributed by atoms with E-state index in [1.54, 1.807) is 72.8 Å². The Hall–Kier alpha value is -3.73. The molecule has 0 radical (unpaired) electrons. The maximum atomic E-state index is 12.7. The van der Waals surface area contributed by atoms with Crippen LogP contribution in [0.15, 0.2) is 77.8 Å². The molecule has 1 N–H and O–H groups in total. The lowest BCUT2D eigenvalue weighted by Gasteiger charge is -2.16. The number of hydrogen-bond acceptors (Lipinski definition) is 4. The van der Waals surface area contributed by atoms with Crippen LogP contribution >= 0.6 is 0 Å². The van der Waals surface area contributed by atoms with Crippen LogP contribution in [0.25, 0.3) is 0 Å². The van der Waals surface area contributed by atoms with Gasteiger partial charge in [-0.15, -0.1) is 0 Å². The first kappa shape index (κ1) is 15.8. The average Bonchev–Trinajstić information content (AvgIpc) is 2.92. The predicted octanol–water partition coefficient (Wildman–Crippen LogP) is 3.94. The second-order valence-corrected chi connectivity index (χ2v) is 5.80. The van der Waals surface area contributed by atoms with Crippen molar-refractivity contribution >= 4 is 29.4 Å². The second-order valence-electron chi connectivity index (χ2n) is 5.80. The molecule has 1 heterocycles. The maximum Gasteiger partial charge on any atom is 0.266 e. The lowest BCUT2D eigenvalue weighted by Crippen LogP contribution is -2.29. The number of aromatic hydroxyl groups is 1. The number of carbonyl (C=O) groups excluding carboxylic acids is 2. The number of imide groups is 1. The Morgan fingerprint density at radius 1 is 0.769 bits per heavy atom. The van der Waals surface area contributed by atoms with Gasteiger partial charge in [-0.1, -0.05) is 36.4 Å². The monoisotopic (exact) mass is 342 g/mol. The number of benzene rings is 3.